The zero-order valence-electron chi connectivity index (χ0n) is 14.4. The molecule has 0 bridgehead atoms. The lowest BCUT2D eigenvalue weighted by Crippen LogP contribution is -2.10. The monoisotopic (exact) mass is 334 g/mol. The number of aromatic nitrogens is 2. The standard InChI is InChI=1S/C19H18N4O2/c1-11-6-12(9-20)8-14(7-11)15(10-21)17-16(13-4-5-13)18(24-2)23-19(22-17)25-3/h6-8,13,15H,4-5H2,1-3H3. The van der Waals surface area contributed by atoms with Crippen LogP contribution < -0.4 is 9.47 Å². The smallest absolute Gasteiger partial charge is 0.319 e. The Bertz CT molecular complexity index is 892. The first-order chi connectivity index (χ1) is 12.1. The van der Waals surface area contributed by atoms with Crippen LogP contribution in [0.2, 0.25) is 0 Å². The second kappa shape index (κ2) is 6.78. The maximum absolute atomic E-state index is 9.87. The van der Waals surface area contributed by atoms with Gasteiger partial charge >= 0.3 is 6.01 Å². The number of nitriles is 2. The van der Waals surface area contributed by atoms with Gasteiger partial charge in [0.25, 0.3) is 0 Å². The van der Waals surface area contributed by atoms with Crippen molar-refractivity contribution in [2.24, 2.45) is 0 Å². The lowest BCUT2D eigenvalue weighted by molar-refractivity contribution is 0.346. The van der Waals surface area contributed by atoms with Gasteiger partial charge in [-0.3, -0.25) is 0 Å². The number of nitrogens with zero attached hydrogens (tertiary/aromatic N) is 4. The molecule has 1 atom stereocenters. The lowest BCUT2D eigenvalue weighted by atomic mass is 9.90. The minimum atomic E-state index is -0.617. The van der Waals surface area contributed by atoms with Crippen LogP contribution in [0.25, 0.3) is 0 Å². The molecule has 1 aromatic carbocycles. The van der Waals surface area contributed by atoms with Crippen LogP contribution in [0, 0.1) is 29.6 Å². The minimum Gasteiger partial charge on any atom is -0.481 e. The van der Waals surface area contributed by atoms with Gasteiger partial charge in [-0.05, 0) is 48.9 Å². The molecule has 25 heavy (non-hydrogen) atoms. The molecule has 6 nitrogen and oxygen atoms in total. The molecule has 0 amide bonds. The Balaban J connectivity index is 2.20. The Morgan fingerprint density at radius 1 is 1.12 bits per heavy atom. The third kappa shape index (κ3) is 3.25. The Morgan fingerprint density at radius 3 is 2.44 bits per heavy atom. The van der Waals surface area contributed by atoms with E-state index in [0.717, 1.165) is 29.5 Å². The summed E-state index contributed by atoms with van der Waals surface area (Å²) in [5, 5.41) is 19.1. The fourth-order valence-corrected chi connectivity index (χ4v) is 3.01. The largest absolute Gasteiger partial charge is 0.481 e. The summed E-state index contributed by atoms with van der Waals surface area (Å²) in [7, 11) is 3.04. The third-order valence-corrected chi connectivity index (χ3v) is 4.25. The van der Waals surface area contributed by atoms with Gasteiger partial charge in [0.15, 0.2) is 0 Å². The van der Waals surface area contributed by atoms with Crippen molar-refractivity contribution in [1.82, 2.24) is 9.97 Å². The quantitative estimate of drug-likeness (QED) is 0.833. The van der Waals surface area contributed by atoms with Crippen molar-refractivity contribution in [3.8, 4) is 24.0 Å². The van der Waals surface area contributed by atoms with Crippen LogP contribution in [-0.4, -0.2) is 24.2 Å². The summed E-state index contributed by atoms with van der Waals surface area (Å²) in [6, 6.07) is 10.1. The summed E-state index contributed by atoms with van der Waals surface area (Å²) in [5.41, 5.74) is 3.66. The predicted molar refractivity (Wildman–Crippen MR) is 90.5 cm³/mol. The molecule has 0 radical (unpaired) electrons. The molecule has 0 spiro atoms. The fraction of sp³-hybridized carbons (Fsp3) is 0.368. The highest BCUT2D eigenvalue weighted by molar-refractivity contribution is 5.49. The van der Waals surface area contributed by atoms with E-state index in [1.54, 1.807) is 19.2 Å². The van der Waals surface area contributed by atoms with Crippen molar-refractivity contribution in [3.05, 3.63) is 46.1 Å². The molecule has 0 saturated heterocycles. The topological polar surface area (TPSA) is 91.8 Å². The van der Waals surface area contributed by atoms with Crippen LogP contribution in [0.5, 0.6) is 11.9 Å². The van der Waals surface area contributed by atoms with Crippen LogP contribution in [0.15, 0.2) is 18.2 Å². The highest BCUT2D eigenvalue weighted by Gasteiger charge is 2.35. The van der Waals surface area contributed by atoms with E-state index in [1.807, 2.05) is 13.0 Å². The van der Waals surface area contributed by atoms with Gasteiger partial charge in [-0.1, -0.05) is 6.07 Å². The number of hydrogen-bond donors (Lipinski definition) is 0. The van der Waals surface area contributed by atoms with Crippen LogP contribution in [-0.2, 0) is 0 Å². The second-order valence-corrected chi connectivity index (χ2v) is 6.10. The number of hydrogen-bond acceptors (Lipinski definition) is 6. The molecule has 2 aromatic rings. The van der Waals surface area contributed by atoms with E-state index in [-0.39, 0.29) is 6.01 Å². The van der Waals surface area contributed by atoms with Crippen LogP contribution in [0.4, 0.5) is 0 Å². The molecule has 0 aliphatic heterocycles. The maximum atomic E-state index is 9.87. The van der Waals surface area contributed by atoms with Gasteiger partial charge in [-0.2, -0.15) is 20.5 Å². The van der Waals surface area contributed by atoms with E-state index in [9.17, 15) is 10.5 Å². The molecular formula is C19H18N4O2. The molecular weight excluding hydrogens is 316 g/mol. The van der Waals surface area contributed by atoms with Crippen LogP contribution >= 0.6 is 0 Å². The molecule has 1 aliphatic carbocycles. The highest BCUT2D eigenvalue weighted by atomic mass is 16.5. The molecule has 1 unspecified atom stereocenters. The SMILES string of the molecule is COc1nc(OC)c(C2CC2)c(C(C#N)c2cc(C)cc(C#N)c2)n1. The van der Waals surface area contributed by atoms with Gasteiger partial charge < -0.3 is 9.47 Å². The average Bonchev–Trinajstić information content (AvgIpc) is 3.45. The Morgan fingerprint density at radius 2 is 1.88 bits per heavy atom. The molecule has 126 valence electrons. The van der Waals surface area contributed by atoms with Crippen molar-refractivity contribution < 1.29 is 9.47 Å². The number of aryl methyl sites for hydroxylation is 1. The van der Waals surface area contributed by atoms with Crippen molar-refractivity contribution in [1.29, 1.82) is 10.5 Å². The Kier molecular flexibility index (Phi) is 4.54. The molecule has 6 heteroatoms. The average molecular weight is 334 g/mol. The fourth-order valence-electron chi connectivity index (χ4n) is 3.01. The lowest BCUT2D eigenvalue weighted by Gasteiger charge is -2.17. The first-order valence-corrected chi connectivity index (χ1v) is 8.02. The molecule has 1 aromatic heterocycles. The van der Waals surface area contributed by atoms with Gasteiger partial charge in [-0.25, -0.2) is 0 Å². The first kappa shape index (κ1) is 16.7. The van der Waals surface area contributed by atoms with Gasteiger partial charge in [0.2, 0.25) is 5.88 Å². The Hall–Kier alpha value is -3.12. The Labute approximate surface area is 146 Å². The predicted octanol–water partition coefficient (Wildman–Crippen LogP) is 3.21. The van der Waals surface area contributed by atoms with Crippen molar-refractivity contribution in [3.63, 3.8) is 0 Å². The normalized spacial score (nSPS) is 14.3. The summed E-state index contributed by atoms with van der Waals surface area (Å²) in [4.78, 5) is 8.75. The van der Waals surface area contributed by atoms with Crippen LogP contribution in [0.1, 0.15) is 52.6 Å². The van der Waals surface area contributed by atoms with E-state index >= 15 is 0 Å². The zero-order valence-corrected chi connectivity index (χ0v) is 14.4. The summed E-state index contributed by atoms with van der Waals surface area (Å²) in [6.45, 7) is 1.90. The number of methoxy groups -OCH3 is 2. The van der Waals surface area contributed by atoms with Gasteiger partial charge in [-0.15, -0.1) is 0 Å². The maximum Gasteiger partial charge on any atom is 0.319 e. The van der Waals surface area contributed by atoms with Crippen LogP contribution in [0.3, 0.4) is 0 Å². The van der Waals surface area contributed by atoms with Crippen molar-refractivity contribution in [2.45, 2.75) is 31.6 Å². The van der Waals surface area contributed by atoms with E-state index in [0.29, 0.717) is 23.1 Å². The first-order valence-electron chi connectivity index (χ1n) is 8.02. The summed E-state index contributed by atoms with van der Waals surface area (Å²) in [6.07, 6.45) is 2.04. The minimum absolute atomic E-state index is 0.171. The van der Waals surface area contributed by atoms with E-state index in [1.165, 1.54) is 7.11 Å². The van der Waals surface area contributed by atoms with E-state index in [2.05, 4.69) is 22.1 Å². The third-order valence-electron chi connectivity index (χ3n) is 4.25. The summed E-state index contributed by atoms with van der Waals surface area (Å²) in [5.74, 6) is 0.137. The van der Waals surface area contributed by atoms with E-state index in [4.69, 9.17) is 9.47 Å². The van der Waals surface area contributed by atoms with Gasteiger partial charge in [0.1, 0.15) is 5.92 Å². The molecule has 0 N–H and O–H groups in total. The number of rotatable bonds is 5. The molecule has 1 fully saturated rings. The second-order valence-electron chi connectivity index (χ2n) is 6.10. The zero-order chi connectivity index (χ0) is 18.0. The molecule has 3 rings (SSSR count). The van der Waals surface area contributed by atoms with Crippen molar-refractivity contribution >= 4 is 0 Å². The molecule has 1 heterocycles. The summed E-state index contributed by atoms with van der Waals surface area (Å²) < 4.78 is 10.6. The number of benzene rings is 1. The molecule has 1 saturated carbocycles. The molecule has 1 aliphatic rings. The highest BCUT2D eigenvalue weighted by Crippen LogP contribution is 2.47. The number of ether oxygens (including phenoxy) is 2. The summed E-state index contributed by atoms with van der Waals surface area (Å²) >= 11 is 0. The van der Waals surface area contributed by atoms with E-state index < -0.39 is 5.92 Å². The van der Waals surface area contributed by atoms with Crippen molar-refractivity contribution in [2.75, 3.05) is 14.2 Å². The van der Waals surface area contributed by atoms with Gasteiger partial charge in [0.05, 0.1) is 37.6 Å². The van der Waals surface area contributed by atoms with Gasteiger partial charge in [0, 0.05) is 5.56 Å².